The van der Waals surface area contributed by atoms with Crippen LogP contribution in [0.4, 0.5) is 0 Å². The van der Waals surface area contributed by atoms with Gasteiger partial charge in [-0.2, -0.15) is 0 Å². The van der Waals surface area contributed by atoms with E-state index in [9.17, 15) is 9.59 Å². The molecule has 0 saturated heterocycles. The van der Waals surface area contributed by atoms with Crippen LogP contribution in [-0.4, -0.2) is 24.7 Å². The zero-order chi connectivity index (χ0) is 13.4. The highest BCUT2D eigenvalue weighted by molar-refractivity contribution is 5.97. The Morgan fingerprint density at radius 3 is 2.50 bits per heavy atom. The number of rotatable bonds is 8. The standard InChI is InChI=1S/C15H21NO2/c1-12(13(2)17)7-6-10-16-11-15(18)14-8-4-3-5-9-14/h3-5,8-9,12,16H,6-7,10-11H2,1-2H3/t12-/m1/s1. The van der Waals surface area contributed by atoms with Gasteiger partial charge in [0.25, 0.3) is 0 Å². The maximum atomic E-state index is 11.7. The van der Waals surface area contributed by atoms with Crippen molar-refractivity contribution in [1.82, 2.24) is 5.32 Å². The number of Topliss-reactive ketones (excluding diaryl/α,β-unsaturated/α-hetero) is 2. The molecule has 0 aromatic heterocycles. The molecule has 0 heterocycles. The third-order valence-electron chi connectivity index (χ3n) is 3.07. The molecule has 1 aromatic carbocycles. The summed E-state index contributed by atoms with van der Waals surface area (Å²) in [5, 5.41) is 3.12. The Kier molecular flexibility index (Phi) is 6.29. The van der Waals surface area contributed by atoms with Crippen LogP contribution in [0.2, 0.25) is 0 Å². The second-order valence-electron chi connectivity index (χ2n) is 4.62. The molecule has 1 N–H and O–H groups in total. The highest BCUT2D eigenvalue weighted by Gasteiger charge is 2.07. The number of ketones is 2. The molecule has 18 heavy (non-hydrogen) atoms. The Labute approximate surface area is 109 Å². The molecule has 3 heteroatoms. The Bertz CT molecular complexity index is 387. The van der Waals surface area contributed by atoms with Gasteiger partial charge in [-0.25, -0.2) is 0 Å². The molecule has 0 saturated carbocycles. The van der Waals surface area contributed by atoms with E-state index >= 15 is 0 Å². The van der Waals surface area contributed by atoms with Crippen LogP contribution in [-0.2, 0) is 4.79 Å². The molecule has 1 aromatic rings. The first-order valence-corrected chi connectivity index (χ1v) is 6.40. The summed E-state index contributed by atoms with van der Waals surface area (Å²) in [6, 6.07) is 9.26. The van der Waals surface area contributed by atoms with Crippen molar-refractivity contribution in [3.05, 3.63) is 35.9 Å². The van der Waals surface area contributed by atoms with E-state index < -0.39 is 0 Å². The minimum Gasteiger partial charge on any atom is -0.310 e. The molecule has 0 aliphatic carbocycles. The molecule has 0 amide bonds. The van der Waals surface area contributed by atoms with Crippen LogP contribution in [0.3, 0.4) is 0 Å². The van der Waals surface area contributed by atoms with Gasteiger partial charge in [-0.05, 0) is 26.3 Å². The van der Waals surface area contributed by atoms with Crippen LogP contribution in [0.1, 0.15) is 37.0 Å². The minimum atomic E-state index is 0.107. The summed E-state index contributed by atoms with van der Waals surface area (Å²) in [7, 11) is 0. The Morgan fingerprint density at radius 2 is 1.89 bits per heavy atom. The first-order valence-electron chi connectivity index (χ1n) is 6.40. The molecule has 98 valence electrons. The number of nitrogens with one attached hydrogen (secondary N) is 1. The van der Waals surface area contributed by atoms with Gasteiger partial charge < -0.3 is 5.32 Å². The van der Waals surface area contributed by atoms with Gasteiger partial charge in [-0.1, -0.05) is 37.3 Å². The monoisotopic (exact) mass is 247 g/mol. The molecule has 0 radical (unpaired) electrons. The molecule has 0 unspecified atom stereocenters. The Balaban J connectivity index is 2.15. The normalized spacial score (nSPS) is 12.1. The SMILES string of the molecule is CC(=O)[C@H](C)CCCNCC(=O)c1ccccc1. The van der Waals surface area contributed by atoms with Crippen molar-refractivity contribution < 1.29 is 9.59 Å². The summed E-state index contributed by atoms with van der Waals surface area (Å²) in [6.07, 6.45) is 1.80. The van der Waals surface area contributed by atoms with Crippen molar-refractivity contribution in [2.45, 2.75) is 26.7 Å². The van der Waals surface area contributed by atoms with E-state index in [4.69, 9.17) is 0 Å². The second kappa shape index (κ2) is 7.77. The van der Waals surface area contributed by atoms with E-state index in [1.54, 1.807) is 6.92 Å². The van der Waals surface area contributed by atoms with E-state index in [-0.39, 0.29) is 17.5 Å². The molecular weight excluding hydrogens is 226 g/mol. The summed E-state index contributed by atoms with van der Waals surface area (Å²) < 4.78 is 0. The number of carbonyl (C=O) groups is 2. The molecule has 3 nitrogen and oxygen atoms in total. The average molecular weight is 247 g/mol. The van der Waals surface area contributed by atoms with E-state index in [0.717, 1.165) is 24.9 Å². The molecule has 0 aliphatic rings. The predicted octanol–water partition coefficient (Wildman–Crippen LogP) is 2.46. The first kappa shape index (κ1) is 14.6. The smallest absolute Gasteiger partial charge is 0.176 e. The van der Waals surface area contributed by atoms with Gasteiger partial charge >= 0.3 is 0 Å². The lowest BCUT2D eigenvalue weighted by molar-refractivity contribution is -0.120. The van der Waals surface area contributed by atoms with Crippen LogP contribution in [0.15, 0.2) is 30.3 Å². The topological polar surface area (TPSA) is 46.2 Å². The second-order valence-corrected chi connectivity index (χ2v) is 4.62. The quantitative estimate of drug-likeness (QED) is 0.567. The van der Waals surface area contributed by atoms with E-state index in [0.29, 0.717) is 6.54 Å². The largest absolute Gasteiger partial charge is 0.310 e. The molecule has 0 fully saturated rings. The van der Waals surface area contributed by atoms with Crippen LogP contribution < -0.4 is 5.32 Å². The zero-order valence-corrected chi connectivity index (χ0v) is 11.1. The summed E-state index contributed by atoms with van der Waals surface area (Å²) in [5.74, 6) is 0.460. The van der Waals surface area contributed by atoms with Crippen molar-refractivity contribution in [2.75, 3.05) is 13.1 Å². The van der Waals surface area contributed by atoms with Crippen molar-refractivity contribution in [3.63, 3.8) is 0 Å². The fraction of sp³-hybridized carbons (Fsp3) is 0.467. The Hall–Kier alpha value is -1.48. The maximum absolute atomic E-state index is 11.7. The third kappa shape index (κ3) is 5.23. The van der Waals surface area contributed by atoms with Crippen molar-refractivity contribution in [3.8, 4) is 0 Å². The lowest BCUT2D eigenvalue weighted by Gasteiger charge is -2.07. The lowest BCUT2D eigenvalue weighted by Crippen LogP contribution is -2.24. The highest BCUT2D eigenvalue weighted by atomic mass is 16.1. The first-order chi connectivity index (χ1) is 8.61. The van der Waals surface area contributed by atoms with Crippen LogP contribution in [0.25, 0.3) is 0 Å². The fourth-order valence-corrected chi connectivity index (χ4v) is 1.66. The molecular formula is C15H21NO2. The van der Waals surface area contributed by atoms with Crippen LogP contribution >= 0.6 is 0 Å². The molecule has 0 bridgehead atoms. The van der Waals surface area contributed by atoms with Gasteiger partial charge in [0.05, 0.1) is 6.54 Å². The van der Waals surface area contributed by atoms with Gasteiger partial charge in [-0.15, -0.1) is 0 Å². The third-order valence-corrected chi connectivity index (χ3v) is 3.07. The van der Waals surface area contributed by atoms with Crippen LogP contribution in [0, 0.1) is 5.92 Å². The molecule has 0 spiro atoms. The number of carbonyl (C=O) groups excluding carboxylic acids is 2. The van der Waals surface area contributed by atoms with Crippen LogP contribution in [0.5, 0.6) is 0 Å². The molecule has 1 atom stereocenters. The summed E-state index contributed by atoms with van der Waals surface area (Å²) >= 11 is 0. The Morgan fingerprint density at radius 1 is 1.22 bits per heavy atom. The van der Waals surface area contributed by atoms with Gasteiger partial charge in [0.2, 0.25) is 0 Å². The lowest BCUT2D eigenvalue weighted by atomic mass is 10.0. The van der Waals surface area contributed by atoms with Gasteiger partial charge in [0.1, 0.15) is 5.78 Å². The average Bonchev–Trinajstić information content (AvgIpc) is 2.38. The molecule has 0 aliphatic heterocycles. The number of hydrogen-bond donors (Lipinski definition) is 1. The van der Waals surface area contributed by atoms with E-state index in [1.165, 1.54) is 0 Å². The summed E-state index contributed by atoms with van der Waals surface area (Å²) in [4.78, 5) is 22.8. The highest BCUT2D eigenvalue weighted by Crippen LogP contribution is 2.05. The minimum absolute atomic E-state index is 0.107. The summed E-state index contributed by atoms with van der Waals surface area (Å²) in [6.45, 7) is 4.70. The van der Waals surface area contributed by atoms with Crippen molar-refractivity contribution in [2.24, 2.45) is 5.92 Å². The zero-order valence-electron chi connectivity index (χ0n) is 11.1. The van der Waals surface area contributed by atoms with E-state index in [2.05, 4.69) is 5.32 Å². The maximum Gasteiger partial charge on any atom is 0.176 e. The summed E-state index contributed by atoms with van der Waals surface area (Å²) in [5.41, 5.74) is 0.738. The van der Waals surface area contributed by atoms with Crippen molar-refractivity contribution in [1.29, 1.82) is 0 Å². The predicted molar refractivity (Wildman–Crippen MR) is 72.7 cm³/mol. The fourth-order valence-electron chi connectivity index (χ4n) is 1.66. The number of benzene rings is 1. The molecule has 1 rings (SSSR count). The van der Waals surface area contributed by atoms with Gasteiger partial charge in [-0.3, -0.25) is 9.59 Å². The number of hydrogen-bond acceptors (Lipinski definition) is 3. The van der Waals surface area contributed by atoms with E-state index in [1.807, 2.05) is 37.3 Å². The van der Waals surface area contributed by atoms with Gasteiger partial charge in [0, 0.05) is 11.5 Å². The van der Waals surface area contributed by atoms with Crippen molar-refractivity contribution >= 4 is 11.6 Å². The van der Waals surface area contributed by atoms with Gasteiger partial charge in [0.15, 0.2) is 5.78 Å².